The average Bonchev–Trinajstić information content (AvgIpc) is 2.87. The molecule has 0 radical (unpaired) electrons. The maximum absolute atomic E-state index is 12.6. The minimum absolute atomic E-state index is 0.162. The molecule has 0 N–H and O–H groups in total. The quantitative estimate of drug-likeness (QED) is 0.641. The van der Waals surface area contributed by atoms with Gasteiger partial charge in [0, 0.05) is 6.04 Å². The van der Waals surface area contributed by atoms with Gasteiger partial charge >= 0.3 is 0 Å². The Kier molecular flexibility index (Phi) is 3.40. The van der Waals surface area contributed by atoms with Crippen LogP contribution in [-0.4, -0.2) is 29.9 Å². The zero-order chi connectivity index (χ0) is 17.6. The van der Waals surface area contributed by atoms with Crippen LogP contribution in [0.3, 0.4) is 0 Å². The molecule has 4 rings (SSSR count). The summed E-state index contributed by atoms with van der Waals surface area (Å²) in [4.78, 5) is 26.6. The van der Waals surface area contributed by atoms with Gasteiger partial charge in [0.15, 0.2) is 0 Å². The number of benzene rings is 2. The number of hydrogen-bond acceptors (Lipinski definition) is 3. The van der Waals surface area contributed by atoms with Gasteiger partial charge in [-0.1, -0.05) is 30.2 Å². The molecule has 0 spiro atoms. The van der Waals surface area contributed by atoms with Gasteiger partial charge in [-0.2, -0.15) is 0 Å². The molecule has 2 aliphatic rings. The molecule has 25 heavy (non-hydrogen) atoms. The van der Waals surface area contributed by atoms with Crippen molar-refractivity contribution in [3.8, 4) is 18.1 Å². The fourth-order valence-corrected chi connectivity index (χ4v) is 3.81. The second-order valence-corrected chi connectivity index (χ2v) is 6.54. The van der Waals surface area contributed by atoms with Gasteiger partial charge < -0.3 is 4.74 Å². The Labute approximate surface area is 146 Å². The number of amides is 2. The first-order valence-electron chi connectivity index (χ1n) is 8.19. The Morgan fingerprint density at radius 3 is 2.08 bits per heavy atom. The Morgan fingerprint density at radius 2 is 1.60 bits per heavy atom. The lowest BCUT2D eigenvalue weighted by atomic mass is 9.61. The number of hydrogen-bond donors (Lipinski definition) is 0. The predicted molar refractivity (Wildman–Crippen MR) is 93.5 cm³/mol. The van der Waals surface area contributed by atoms with Crippen LogP contribution in [0.25, 0.3) is 0 Å². The zero-order valence-corrected chi connectivity index (χ0v) is 13.9. The molecule has 1 aliphatic carbocycles. The highest BCUT2D eigenvalue weighted by Crippen LogP contribution is 2.47. The Morgan fingerprint density at radius 1 is 1.04 bits per heavy atom. The standard InChI is InChI=1S/C21H17NO3/c1-3-21(14-8-10-16(25-2)11-9-14)12-15(13-21)22-19(23)17-6-4-5-7-18(17)20(22)24/h1,4-11,15H,12-13H2,2H3. The van der Waals surface area contributed by atoms with Crippen LogP contribution in [0.1, 0.15) is 39.1 Å². The van der Waals surface area contributed by atoms with Crippen molar-refractivity contribution >= 4 is 11.8 Å². The predicted octanol–water partition coefficient (Wildman–Crippen LogP) is 3.02. The van der Waals surface area contributed by atoms with Gasteiger partial charge in [-0.15, -0.1) is 6.42 Å². The summed E-state index contributed by atoms with van der Waals surface area (Å²) in [5.41, 5.74) is 1.54. The van der Waals surface area contributed by atoms with E-state index in [2.05, 4.69) is 5.92 Å². The zero-order valence-electron chi connectivity index (χ0n) is 13.9. The number of imide groups is 1. The molecule has 4 nitrogen and oxygen atoms in total. The molecule has 2 aromatic rings. The first-order chi connectivity index (χ1) is 12.1. The van der Waals surface area contributed by atoms with E-state index in [9.17, 15) is 9.59 Å². The van der Waals surface area contributed by atoms with Gasteiger partial charge in [0.25, 0.3) is 11.8 Å². The second kappa shape index (κ2) is 5.49. The largest absolute Gasteiger partial charge is 0.497 e. The summed E-state index contributed by atoms with van der Waals surface area (Å²) in [6.45, 7) is 0. The second-order valence-electron chi connectivity index (χ2n) is 6.54. The minimum atomic E-state index is -0.438. The van der Waals surface area contributed by atoms with Crippen molar-refractivity contribution in [2.24, 2.45) is 0 Å². The van der Waals surface area contributed by atoms with Crippen molar-refractivity contribution in [3.05, 3.63) is 65.2 Å². The van der Waals surface area contributed by atoms with E-state index < -0.39 is 5.41 Å². The fraction of sp³-hybridized carbons (Fsp3) is 0.238. The van der Waals surface area contributed by atoms with Gasteiger partial charge in [0.2, 0.25) is 0 Å². The van der Waals surface area contributed by atoms with Crippen LogP contribution in [0.5, 0.6) is 5.75 Å². The lowest BCUT2D eigenvalue weighted by Gasteiger charge is -2.47. The maximum atomic E-state index is 12.6. The molecule has 0 bridgehead atoms. The third-order valence-corrected chi connectivity index (χ3v) is 5.28. The van der Waals surface area contributed by atoms with E-state index in [1.807, 2.05) is 24.3 Å². The number of fused-ring (bicyclic) bond motifs is 1. The van der Waals surface area contributed by atoms with E-state index in [-0.39, 0.29) is 17.9 Å². The highest BCUT2D eigenvalue weighted by molar-refractivity contribution is 6.21. The van der Waals surface area contributed by atoms with Crippen LogP contribution in [0, 0.1) is 12.3 Å². The molecule has 1 fully saturated rings. The lowest BCUT2D eigenvalue weighted by Crippen LogP contribution is -2.54. The number of ether oxygens (including phenoxy) is 1. The van der Waals surface area contributed by atoms with Crippen molar-refractivity contribution in [2.45, 2.75) is 24.3 Å². The Balaban J connectivity index is 1.57. The molecule has 1 saturated carbocycles. The van der Waals surface area contributed by atoms with Crippen molar-refractivity contribution in [3.63, 3.8) is 0 Å². The van der Waals surface area contributed by atoms with Crippen LogP contribution in [0.15, 0.2) is 48.5 Å². The summed E-state index contributed by atoms with van der Waals surface area (Å²) in [7, 11) is 1.62. The number of nitrogens with zero attached hydrogens (tertiary/aromatic N) is 1. The SMILES string of the molecule is C#CC1(c2ccc(OC)cc2)CC(N2C(=O)c3ccccc3C2=O)C1. The third-order valence-electron chi connectivity index (χ3n) is 5.28. The van der Waals surface area contributed by atoms with E-state index >= 15 is 0 Å². The van der Waals surface area contributed by atoms with Crippen molar-refractivity contribution in [1.29, 1.82) is 0 Å². The van der Waals surface area contributed by atoms with Gasteiger partial charge in [0.05, 0.1) is 23.7 Å². The molecule has 0 unspecified atom stereocenters. The number of rotatable bonds is 3. The summed E-state index contributed by atoms with van der Waals surface area (Å²) in [5.74, 6) is 3.22. The monoisotopic (exact) mass is 331 g/mol. The molecule has 1 heterocycles. The Bertz CT molecular complexity index is 866. The molecule has 4 heteroatoms. The van der Waals surface area contributed by atoms with E-state index in [1.54, 1.807) is 31.4 Å². The number of carbonyl (C=O) groups is 2. The molecule has 1 aliphatic heterocycles. The van der Waals surface area contributed by atoms with Crippen LogP contribution >= 0.6 is 0 Å². The van der Waals surface area contributed by atoms with Gasteiger partial charge in [-0.3, -0.25) is 14.5 Å². The first-order valence-corrected chi connectivity index (χ1v) is 8.19. The lowest BCUT2D eigenvalue weighted by molar-refractivity contribution is 0.0424. The van der Waals surface area contributed by atoms with E-state index in [0.717, 1.165) is 11.3 Å². The molecular formula is C21H17NO3. The van der Waals surface area contributed by atoms with Crippen LogP contribution in [0.2, 0.25) is 0 Å². The number of methoxy groups -OCH3 is 1. The maximum Gasteiger partial charge on any atom is 0.261 e. The van der Waals surface area contributed by atoms with E-state index in [4.69, 9.17) is 11.2 Å². The summed E-state index contributed by atoms with van der Waals surface area (Å²) in [6, 6.07) is 14.5. The smallest absolute Gasteiger partial charge is 0.261 e. The van der Waals surface area contributed by atoms with E-state index in [0.29, 0.717) is 24.0 Å². The molecule has 0 atom stereocenters. The van der Waals surface area contributed by atoms with Gasteiger partial charge in [-0.05, 0) is 42.7 Å². The van der Waals surface area contributed by atoms with Crippen LogP contribution in [0.4, 0.5) is 0 Å². The molecular weight excluding hydrogens is 314 g/mol. The van der Waals surface area contributed by atoms with Crippen LogP contribution in [-0.2, 0) is 5.41 Å². The van der Waals surface area contributed by atoms with E-state index in [1.165, 1.54) is 4.90 Å². The average molecular weight is 331 g/mol. The Hall–Kier alpha value is -3.06. The summed E-state index contributed by atoms with van der Waals surface area (Å²) in [6.07, 6.45) is 6.99. The number of carbonyl (C=O) groups excluding carboxylic acids is 2. The normalized spacial score (nSPS) is 24.5. The minimum Gasteiger partial charge on any atom is -0.497 e. The molecule has 0 aromatic heterocycles. The van der Waals surface area contributed by atoms with Crippen molar-refractivity contribution < 1.29 is 14.3 Å². The van der Waals surface area contributed by atoms with Gasteiger partial charge in [0.1, 0.15) is 5.75 Å². The highest BCUT2D eigenvalue weighted by atomic mass is 16.5. The molecule has 0 saturated heterocycles. The topological polar surface area (TPSA) is 46.6 Å². The van der Waals surface area contributed by atoms with Crippen molar-refractivity contribution in [2.75, 3.05) is 7.11 Å². The molecule has 2 amide bonds. The summed E-state index contributed by atoms with van der Waals surface area (Å²) in [5, 5.41) is 0. The summed E-state index contributed by atoms with van der Waals surface area (Å²) >= 11 is 0. The van der Waals surface area contributed by atoms with Crippen molar-refractivity contribution in [1.82, 2.24) is 4.90 Å². The molecule has 124 valence electrons. The fourth-order valence-electron chi connectivity index (χ4n) is 3.81. The third kappa shape index (κ3) is 2.16. The number of terminal acetylenes is 1. The summed E-state index contributed by atoms with van der Waals surface area (Å²) < 4.78 is 5.18. The highest BCUT2D eigenvalue weighted by Gasteiger charge is 2.52. The first kappa shape index (κ1) is 15.5. The van der Waals surface area contributed by atoms with Gasteiger partial charge in [-0.25, -0.2) is 0 Å². The van der Waals surface area contributed by atoms with Crippen LogP contribution < -0.4 is 4.74 Å². The molecule has 2 aromatic carbocycles.